The molecule has 1 saturated carbocycles. The van der Waals surface area contributed by atoms with Crippen molar-refractivity contribution in [2.45, 2.75) is 37.8 Å². The van der Waals surface area contributed by atoms with Crippen molar-refractivity contribution in [3.05, 3.63) is 33.3 Å². The molecule has 19 heavy (non-hydrogen) atoms. The number of nitrogens with zero attached hydrogens (tertiary/aromatic N) is 1. The highest BCUT2D eigenvalue weighted by Gasteiger charge is 2.35. The van der Waals surface area contributed by atoms with Crippen molar-refractivity contribution in [3.63, 3.8) is 0 Å². The third kappa shape index (κ3) is 3.72. The van der Waals surface area contributed by atoms with Gasteiger partial charge in [0, 0.05) is 28.1 Å². The first kappa shape index (κ1) is 15.3. The van der Waals surface area contributed by atoms with E-state index >= 15 is 0 Å². The van der Waals surface area contributed by atoms with Gasteiger partial charge in [-0.25, -0.2) is 0 Å². The molecule has 0 unspecified atom stereocenters. The molecule has 2 nitrogen and oxygen atoms in total. The summed E-state index contributed by atoms with van der Waals surface area (Å²) in [7, 11) is 4.40. The minimum Gasteiger partial charge on any atom is -0.311 e. The second-order valence-corrected chi connectivity index (χ2v) is 6.96. The maximum absolute atomic E-state index is 5.96. The smallest absolute Gasteiger partial charge is 0.0417 e. The fourth-order valence-corrected chi connectivity index (χ4v) is 3.73. The second-order valence-electron chi connectivity index (χ2n) is 5.67. The molecule has 0 atom stereocenters. The standard InChI is InChI=1S/C15H22BrClN2/c1-19(2)15(7-3-4-8-15)11-18-10-12-5-6-13(17)9-14(12)16/h5-6,9,18H,3-4,7-8,10-11H2,1-2H3. The molecule has 0 aliphatic heterocycles. The minimum absolute atomic E-state index is 0.346. The maximum Gasteiger partial charge on any atom is 0.0417 e. The molecule has 4 heteroatoms. The third-order valence-corrected chi connectivity index (χ3v) is 5.24. The zero-order valence-corrected chi connectivity index (χ0v) is 14.0. The van der Waals surface area contributed by atoms with E-state index in [1.165, 1.54) is 31.2 Å². The molecular formula is C15H22BrClN2. The van der Waals surface area contributed by atoms with Crippen molar-refractivity contribution in [1.29, 1.82) is 0 Å². The number of hydrogen-bond acceptors (Lipinski definition) is 2. The van der Waals surface area contributed by atoms with E-state index in [1.54, 1.807) is 0 Å². The van der Waals surface area contributed by atoms with Crippen molar-refractivity contribution < 1.29 is 0 Å². The molecule has 1 aliphatic rings. The van der Waals surface area contributed by atoms with E-state index in [0.29, 0.717) is 5.54 Å². The first-order chi connectivity index (χ1) is 9.03. The second kappa shape index (κ2) is 6.57. The Hall–Kier alpha value is -0.0900. The van der Waals surface area contributed by atoms with Crippen LogP contribution in [0.5, 0.6) is 0 Å². The van der Waals surface area contributed by atoms with Crippen LogP contribution in [0.4, 0.5) is 0 Å². The Morgan fingerprint density at radius 1 is 1.32 bits per heavy atom. The van der Waals surface area contributed by atoms with Crippen molar-refractivity contribution in [3.8, 4) is 0 Å². The van der Waals surface area contributed by atoms with Gasteiger partial charge in [0.1, 0.15) is 0 Å². The van der Waals surface area contributed by atoms with Gasteiger partial charge < -0.3 is 10.2 Å². The van der Waals surface area contributed by atoms with Crippen molar-refractivity contribution in [2.75, 3.05) is 20.6 Å². The summed E-state index contributed by atoms with van der Waals surface area (Å²) in [4.78, 5) is 2.39. The molecule has 1 fully saturated rings. The molecule has 106 valence electrons. The molecule has 2 rings (SSSR count). The summed E-state index contributed by atoms with van der Waals surface area (Å²) in [6, 6.07) is 5.98. The Bertz CT molecular complexity index is 428. The summed E-state index contributed by atoms with van der Waals surface area (Å²) >= 11 is 9.53. The number of hydrogen-bond donors (Lipinski definition) is 1. The lowest BCUT2D eigenvalue weighted by molar-refractivity contribution is 0.153. The van der Waals surface area contributed by atoms with Crippen LogP contribution in [0.15, 0.2) is 22.7 Å². The van der Waals surface area contributed by atoms with Gasteiger partial charge >= 0.3 is 0 Å². The Labute approximate surface area is 129 Å². The number of halogens is 2. The van der Waals surface area contributed by atoms with Gasteiger partial charge in [0.15, 0.2) is 0 Å². The van der Waals surface area contributed by atoms with E-state index in [2.05, 4.69) is 46.3 Å². The van der Waals surface area contributed by atoms with Crippen LogP contribution in [0.1, 0.15) is 31.2 Å². The van der Waals surface area contributed by atoms with Gasteiger partial charge in [0.05, 0.1) is 0 Å². The third-order valence-electron chi connectivity index (χ3n) is 4.27. The predicted molar refractivity (Wildman–Crippen MR) is 85.7 cm³/mol. The summed E-state index contributed by atoms with van der Waals surface area (Å²) in [5.74, 6) is 0. The van der Waals surface area contributed by atoms with Gasteiger partial charge in [-0.3, -0.25) is 0 Å². The van der Waals surface area contributed by atoms with Crippen LogP contribution < -0.4 is 5.32 Å². The van der Waals surface area contributed by atoms with Gasteiger partial charge in [-0.2, -0.15) is 0 Å². The summed E-state index contributed by atoms with van der Waals surface area (Å²) in [6.07, 6.45) is 5.30. The Morgan fingerprint density at radius 2 is 2.00 bits per heavy atom. The molecule has 1 aliphatic carbocycles. The normalized spacial score (nSPS) is 18.2. The molecule has 0 heterocycles. The van der Waals surface area contributed by atoms with Crippen molar-refractivity contribution >= 4 is 27.5 Å². The molecule has 1 N–H and O–H groups in total. The van der Waals surface area contributed by atoms with Crippen LogP contribution in [0, 0.1) is 0 Å². The Balaban J connectivity index is 1.92. The molecule has 1 aromatic carbocycles. The summed E-state index contributed by atoms with van der Waals surface area (Å²) in [5.41, 5.74) is 1.61. The van der Waals surface area contributed by atoms with E-state index < -0.39 is 0 Å². The quantitative estimate of drug-likeness (QED) is 0.865. The number of rotatable bonds is 5. The van der Waals surface area contributed by atoms with Crippen LogP contribution >= 0.6 is 27.5 Å². The van der Waals surface area contributed by atoms with E-state index in [0.717, 1.165) is 22.6 Å². The van der Waals surface area contributed by atoms with Crippen molar-refractivity contribution in [2.24, 2.45) is 0 Å². The zero-order chi connectivity index (χ0) is 13.9. The van der Waals surface area contributed by atoms with Gasteiger partial charge in [-0.15, -0.1) is 0 Å². The first-order valence-corrected chi connectivity index (χ1v) is 8.03. The molecule has 0 spiro atoms. The average Bonchev–Trinajstić information content (AvgIpc) is 2.82. The van der Waals surface area contributed by atoms with Crippen LogP contribution in [0.25, 0.3) is 0 Å². The fourth-order valence-electron chi connectivity index (χ4n) is 2.91. The SMILES string of the molecule is CN(C)C1(CNCc2ccc(Cl)cc2Br)CCCC1. The lowest BCUT2D eigenvalue weighted by Crippen LogP contribution is -2.49. The van der Waals surface area contributed by atoms with Crippen LogP contribution in [-0.4, -0.2) is 31.1 Å². The van der Waals surface area contributed by atoms with Crippen LogP contribution in [-0.2, 0) is 6.54 Å². The van der Waals surface area contributed by atoms with Gasteiger partial charge in [-0.05, 0) is 44.6 Å². The molecular weight excluding hydrogens is 324 g/mol. The molecule has 0 aromatic heterocycles. The van der Waals surface area contributed by atoms with Crippen LogP contribution in [0.3, 0.4) is 0 Å². The van der Waals surface area contributed by atoms with Gasteiger partial charge in [-0.1, -0.05) is 46.4 Å². The molecule has 1 aromatic rings. The maximum atomic E-state index is 5.96. The minimum atomic E-state index is 0.346. The highest BCUT2D eigenvalue weighted by Crippen LogP contribution is 2.33. The lowest BCUT2D eigenvalue weighted by Gasteiger charge is -2.36. The number of likely N-dealkylation sites (N-methyl/N-ethyl adjacent to an activating group) is 1. The highest BCUT2D eigenvalue weighted by molar-refractivity contribution is 9.10. The average molecular weight is 346 g/mol. The van der Waals surface area contributed by atoms with Gasteiger partial charge in [0.2, 0.25) is 0 Å². The first-order valence-electron chi connectivity index (χ1n) is 6.86. The molecule has 0 radical (unpaired) electrons. The monoisotopic (exact) mass is 344 g/mol. The number of benzene rings is 1. The van der Waals surface area contributed by atoms with Gasteiger partial charge in [0.25, 0.3) is 0 Å². The van der Waals surface area contributed by atoms with E-state index in [9.17, 15) is 0 Å². The van der Waals surface area contributed by atoms with E-state index in [1.807, 2.05) is 12.1 Å². The zero-order valence-electron chi connectivity index (χ0n) is 11.7. The molecule has 0 amide bonds. The van der Waals surface area contributed by atoms with Crippen molar-refractivity contribution in [1.82, 2.24) is 10.2 Å². The predicted octanol–water partition coefficient (Wildman–Crippen LogP) is 4.07. The lowest BCUT2D eigenvalue weighted by atomic mass is 9.96. The van der Waals surface area contributed by atoms with Crippen LogP contribution in [0.2, 0.25) is 5.02 Å². The van der Waals surface area contributed by atoms with E-state index in [-0.39, 0.29) is 0 Å². The largest absolute Gasteiger partial charge is 0.311 e. The molecule has 0 saturated heterocycles. The fraction of sp³-hybridized carbons (Fsp3) is 0.600. The summed E-state index contributed by atoms with van der Waals surface area (Å²) in [6.45, 7) is 1.93. The molecule has 0 bridgehead atoms. The Kier molecular flexibility index (Phi) is 5.29. The summed E-state index contributed by atoms with van der Waals surface area (Å²) in [5, 5.41) is 4.39. The highest BCUT2D eigenvalue weighted by atomic mass is 79.9. The topological polar surface area (TPSA) is 15.3 Å². The number of nitrogens with one attached hydrogen (secondary N) is 1. The van der Waals surface area contributed by atoms with E-state index in [4.69, 9.17) is 11.6 Å². The Morgan fingerprint density at radius 3 is 2.58 bits per heavy atom. The summed E-state index contributed by atoms with van der Waals surface area (Å²) < 4.78 is 1.08.